The van der Waals surface area contributed by atoms with Crippen LogP contribution in [-0.4, -0.2) is 25.0 Å². The van der Waals surface area contributed by atoms with Crippen LogP contribution >= 0.6 is 11.8 Å². The van der Waals surface area contributed by atoms with Crippen molar-refractivity contribution in [1.82, 2.24) is 5.32 Å². The number of hydrogen-bond acceptors (Lipinski definition) is 4. The van der Waals surface area contributed by atoms with Crippen molar-refractivity contribution in [2.24, 2.45) is 0 Å². The van der Waals surface area contributed by atoms with Crippen LogP contribution in [-0.2, 0) is 17.8 Å². The molecule has 0 atom stereocenters. The summed E-state index contributed by atoms with van der Waals surface area (Å²) < 4.78 is 5.48. The van der Waals surface area contributed by atoms with Crippen LogP contribution in [0.3, 0.4) is 0 Å². The lowest BCUT2D eigenvalue weighted by Crippen LogP contribution is -2.34. The molecule has 0 radical (unpaired) electrons. The van der Waals surface area contributed by atoms with Gasteiger partial charge in [0, 0.05) is 17.0 Å². The molecule has 0 spiro atoms. The Balaban J connectivity index is 1.26. The van der Waals surface area contributed by atoms with Crippen molar-refractivity contribution in [3.63, 3.8) is 0 Å². The van der Waals surface area contributed by atoms with E-state index >= 15 is 0 Å². The molecule has 5 nitrogen and oxygen atoms in total. The van der Waals surface area contributed by atoms with Gasteiger partial charge in [-0.2, -0.15) is 0 Å². The molecule has 0 unspecified atom stereocenters. The van der Waals surface area contributed by atoms with Gasteiger partial charge < -0.3 is 15.0 Å². The van der Waals surface area contributed by atoms with Gasteiger partial charge in [0.25, 0.3) is 11.8 Å². The summed E-state index contributed by atoms with van der Waals surface area (Å²) in [6, 6.07) is 29.7. The molecule has 208 valence electrons. The predicted octanol–water partition coefficient (Wildman–Crippen LogP) is 7.35. The molecular weight excluding hydrogens is 528 g/mol. The van der Waals surface area contributed by atoms with Crippen LogP contribution in [0.2, 0.25) is 0 Å². The number of benzene rings is 4. The van der Waals surface area contributed by atoms with Crippen molar-refractivity contribution in [3.8, 4) is 5.75 Å². The van der Waals surface area contributed by atoms with Crippen LogP contribution in [0.1, 0.15) is 45.1 Å². The fraction of sp³-hybridized carbons (Fsp3) is 0.200. The molecule has 1 aliphatic rings. The summed E-state index contributed by atoms with van der Waals surface area (Å²) in [5.74, 6) is 0.708. The van der Waals surface area contributed by atoms with Gasteiger partial charge in [-0.15, -0.1) is 0 Å². The Hall–Kier alpha value is -4.29. The largest absolute Gasteiger partial charge is 0.494 e. The van der Waals surface area contributed by atoms with Crippen molar-refractivity contribution in [2.45, 2.75) is 38.6 Å². The Morgan fingerprint density at radius 1 is 0.951 bits per heavy atom. The topological polar surface area (TPSA) is 58.6 Å². The van der Waals surface area contributed by atoms with E-state index in [4.69, 9.17) is 4.74 Å². The van der Waals surface area contributed by atoms with Crippen molar-refractivity contribution in [2.75, 3.05) is 18.1 Å². The molecule has 0 aliphatic carbocycles. The normalized spacial score (nSPS) is 13.7. The summed E-state index contributed by atoms with van der Waals surface area (Å²) in [4.78, 5) is 30.0. The molecule has 1 N–H and O–H groups in total. The Kier molecular flexibility index (Phi) is 8.90. The van der Waals surface area contributed by atoms with Crippen molar-refractivity contribution in [3.05, 3.63) is 129 Å². The second-order valence-corrected chi connectivity index (χ2v) is 11.2. The zero-order valence-electron chi connectivity index (χ0n) is 23.6. The summed E-state index contributed by atoms with van der Waals surface area (Å²) in [5, 5.41) is 2.99. The number of para-hydroxylation sites is 1. The number of aryl methyl sites for hydroxylation is 2. The molecule has 4 aromatic carbocycles. The molecule has 5 rings (SSSR count). The van der Waals surface area contributed by atoms with E-state index in [0.717, 1.165) is 45.0 Å². The van der Waals surface area contributed by atoms with E-state index in [1.54, 1.807) is 12.1 Å². The standard InChI is InChI=1S/C35H34N2O3S/c1-4-40-30-17-13-26(14-18-30)19-20-36-34(38)28-15-11-27(12-16-28)22-33-35(39)37(31-7-5-6-8-32(31)41-33)23-29-21-24(2)9-10-25(29)3/h5-18,21-22H,4,19-20,23H2,1-3H3,(H,36,38). The predicted molar refractivity (Wildman–Crippen MR) is 167 cm³/mol. The van der Waals surface area contributed by atoms with E-state index in [1.807, 2.05) is 72.5 Å². The van der Waals surface area contributed by atoms with E-state index in [-0.39, 0.29) is 11.8 Å². The molecule has 0 saturated carbocycles. The first-order valence-electron chi connectivity index (χ1n) is 13.9. The molecule has 4 aromatic rings. The van der Waals surface area contributed by atoms with Gasteiger partial charge in [-0.25, -0.2) is 0 Å². The number of anilines is 1. The van der Waals surface area contributed by atoms with Gasteiger partial charge in [-0.05, 0) is 91.9 Å². The minimum absolute atomic E-state index is 0.0225. The minimum Gasteiger partial charge on any atom is -0.494 e. The highest BCUT2D eigenvalue weighted by molar-refractivity contribution is 8.04. The number of carbonyl (C=O) groups is 2. The zero-order chi connectivity index (χ0) is 28.8. The molecule has 0 bridgehead atoms. The first-order valence-corrected chi connectivity index (χ1v) is 14.7. The van der Waals surface area contributed by atoms with E-state index in [0.29, 0.717) is 30.2 Å². The number of rotatable bonds is 9. The average Bonchev–Trinajstić information content (AvgIpc) is 2.98. The summed E-state index contributed by atoms with van der Waals surface area (Å²) in [6.45, 7) is 7.81. The van der Waals surface area contributed by atoms with E-state index in [2.05, 4.69) is 43.4 Å². The quantitative estimate of drug-likeness (QED) is 0.217. The van der Waals surface area contributed by atoms with Gasteiger partial charge in [-0.1, -0.05) is 71.9 Å². The molecule has 0 saturated heterocycles. The lowest BCUT2D eigenvalue weighted by molar-refractivity contribution is -0.114. The molecule has 2 amide bonds. The monoisotopic (exact) mass is 562 g/mol. The fourth-order valence-corrected chi connectivity index (χ4v) is 5.84. The fourth-order valence-electron chi connectivity index (χ4n) is 4.78. The van der Waals surface area contributed by atoms with Crippen LogP contribution < -0.4 is 15.0 Å². The molecule has 1 heterocycles. The summed E-state index contributed by atoms with van der Waals surface area (Å²) in [6.07, 6.45) is 2.65. The summed E-state index contributed by atoms with van der Waals surface area (Å²) >= 11 is 1.49. The van der Waals surface area contributed by atoms with Gasteiger partial charge in [0.1, 0.15) is 5.75 Å². The van der Waals surface area contributed by atoms with Crippen LogP contribution in [0.4, 0.5) is 5.69 Å². The van der Waals surface area contributed by atoms with Crippen LogP contribution in [0, 0.1) is 13.8 Å². The van der Waals surface area contributed by atoms with Crippen LogP contribution in [0.25, 0.3) is 6.08 Å². The van der Waals surface area contributed by atoms with Crippen LogP contribution in [0.15, 0.2) is 101 Å². The van der Waals surface area contributed by atoms with Crippen molar-refractivity contribution >= 4 is 35.3 Å². The number of ether oxygens (including phenoxy) is 1. The van der Waals surface area contributed by atoms with Crippen molar-refractivity contribution < 1.29 is 14.3 Å². The molecular formula is C35H34N2O3S. The first kappa shape index (κ1) is 28.2. The number of fused-ring (bicyclic) bond motifs is 1. The third-order valence-electron chi connectivity index (χ3n) is 7.07. The Morgan fingerprint density at radius 2 is 1.71 bits per heavy atom. The SMILES string of the molecule is CCOc1ccc(CCNC(=O)c2ccc(C=C3Sc4ccccc4N(Cc4cc(C)ccc4C)C3=O)cc2)cc1. The lowest BCUT2D eigenvalue weighted by atomic mass is 10.0. The maximum absolute atomic E-state index is 13.7. The zero-order valence-corrected chi connectivity index (χ0v) is 24.5. The van der Waals surface area contributed by atoms with Gasteiger partial charge >= 0.3 is 0 Å². The number of hydrogen-bond donors (Lipinski definition) is 1. The Bertz CT molecular complexity index is 1580. The Morgan fingerprint density at radius 3 is 2.46 bits per heavy atom. The molecule has 0 aromatic heterocycles. The minimum atomic E-state index is -0.119. The van der Waals surface area contributed by atoms with Crippen LogP contribution in [0.5, 0.6) is 5.75 Å². The number of carbonyl (C=O) groups excluding carboxylic acids is 2. The van der Waals surface area contributed by atoms with Crippen molar-refractivity contribution in [1.29, 1.82) is 0 Å². The third kappa shape index (κ3) is 6.90. The highest BCUT2D eigenvalue weighted by atomic mass is 32.2. The van der Waals surface area contributed by atoms with Gasteiger partial charge in [0.2, 0.25) is 0 Å². The second kappa shape index (κ2) is 12.9. The maximum atomic E-state index is 13.7. The third-order valence-corrected chi connectivity index (χ3v) is 8.15. The number of nitrogens with one attached hydrogen (secondary N) is 1. The number of thioether (sulfide) groups is 1. The molecule has 0 fully saturated rings. The molecule has 1 aliphatic heterocycles. The summed E-state index contributed by atoms with van der Waals surface area (Å²) in [5.41, 5.74) is 7.00. The van der Waals surface area contributed by atoms with Gasteiger partial charge in [0.05, 0.1) is 23.7 Å². The van der Waals surface area contributed by atoms with E-state index in [9.17, 15) is 9.59 Å². The average molecular weight is 563 g/mol. The number of amides is 2. The molecule has 41 heavy (non-hydrogen) atoms. The van der Waals surface area contributed by atoms with Gasteiger partial charge in [-0.3, -0.25) is 9.59 Å². The number of nitrogens with zero attached hydrogens (tertiary/aromatic N) is 1. The highest BCUT2D eigenvalue weighted by Crippen LogP contribution is 2.42. The Labute approximate surface area is 246 Å². The highest BCUT2D eigenvalue weighted by Gasteiger charge is 2.29. The summed E-state index contributed by atoms with van der Waals surface area (Å²) in [7, 11) is 0. The first-order chi connectivity index (χ1) is 19.9. The van der Waals surface area contributed by atoms with E-state index in [1.165, 1.54) is 17.3 Å². The maximum Gasteiger partial charge on any atom is 0.265 e. The van der Waals surface area contributed by atoms with Gasteiger partial charge in [0.15, 0.2) is 0 Å². The molecule has 6 heteroatoms. The lowest BCUT2D eigenvalue weighted by Gasteiger charge is -2.31. The second-order valence-electron chi connectivity index (χ2n) is 10.1. The smallest absolute Gasteiger partial charge is 0.265 e. The van der Waals surface area contributed by atoms with E-state index < -0.39 is 0 Å².